The standard InChI is InChI=1S/C22H29N3O3.ClH/c1-4-16-5-7-17(8-6-16)20-14-23-11-12-25(20)15-22(26)24-19-10-9-18(27-2)13-21(19)28-3;/h5-10,13,20,23H,4,11-12,14-15H2,1-3H3,(H,24,26);1H. The van der Waals surface area contributed by atoms with Crippen molar-refractivity contribution in [1.82, 2.24) is 10.2 Å². The molecule has 1 fully saturated rings. The number of rotatable bonds is 7. The van der Waals surface area contributed by atoms with Gasteiger partial charge in [0.25, 0.3) is 0 Å². The molecule has 0 radical (unpaired) electrons. The summed E-state index contributed by atoms with van der Waals surface area (Å²) in [5.41, 5.74) is 3.20. The van der Waals surface area contributed by atoms with E-state index in [1.54, 1.807) is 32.4 Å². The van der Waals surface area contributed by atoms with Crippen molar-refractivity contribution in [1.29, 1.82) is 0 Å². The van der Waals surface area contributed by atoms with Crippen LogP contribution < -0.4 is 20.1 Å². The van der Waals surface area contributed by atoms with E-state index in [0.717, 1.165) is 26.1 Å². The van der Waals surface area contributed by atoms with Gasteiger partial charge in [0.05, 0.1) is 26.5 Å². The van der Waals surface area contributed by atoms with Gasteiger partial charge in [0.1, 0.15) is 11.5 Å². The molecular weight excluding hydrogens is 390 g/mol. The first-order valence-corrected chi connectivity index (χ1v) is 9.70. The van der Waals surface area contributed by atoms with Crippen molar-refractivity contribution < 1.29 is 14.3 Å². The Labute approximate surface area is 179 Å². The van der Waals surface area contributed by atoms with Crippen molar-refractivity contribution in [3.63, 3.8) is 0 Å². The van der Waals surface area contributed by atoms with E-state index in [1.807, 2.05) is 0 Å². The fraction of sp³-hybridized carbons (Fsp3) is 0.409. The maximum absolute atomic E-state index is 12.7. The average Bonchev–Trinajstić information content (AvgIpc) is 2.74. The van der Waals surface area contributed by atoms with Crippen LogP contribution in [-0.4, -0.2) is 51.2 Å². The van der Waals surface area contributed by atoms with Crippen LogP contribution in [-0.2, 0) is 11.2 Å². The Bertz CT molecular complexity index is 798. The zero-order valence-corrected chi connectivity index (χ0v) is 18.1. The van der Waals surface area contributed by atoms with Gasteiger partial charge in [0.15, 0.2) is 0 Å². The first-order valence-electron chi connectivity index (χ1n) is 9.70. The maximum Gasteiger partial charge on any atom is 0.238 e. The molecule has 1 atom stereocenters. The lowest BCUT2D eigenvalue weighted by Gasteiger charge is -2.36. The van der Waals surface area contributed by atoms with Gasteiger partial charge in [-0.2, -0.15) is 0 Å². The monoisotopic (exact) mass is 419 g/mol. The van der Waals surface area contributed by atoms with E-state index in [-0.39, 0.29) is 24.4 Å². The number of nitrogens with zero attached hydrogens (tertiary/aromatic N) is 1. The topological polar surface area (TPSA) is 62.8 Å². The zero-order valence-electron chi connectivity index (χ0n) is 17.2. The molecule has 6 nitrogen and oxygen atoms in total. The van der Waals surface area contributed by atoms with Crippen LogP contribution in [0.15, 0.2) is 42.5 Å². The highest BCUT2D eigenvalue weighted by atomic mass is 35.5. The van der Waals surface area contributed by atoms with Crippen LogP contribution in [0, 0.1) is 0 Å². The average molecular weight is 420 g/mol. The number of amides is 1. The smallest absolute Gasteiger partial charge is 0.238 e. The molecule has 0 spiro atoms. The quantitative estimate of drug-likeness (QED) is 0.721. The van der Waals surface area contributed by atoms with Crippen LogP contribution in [0.25, 0.3) is 0 Å². The Morgan fingerprint density at radius 3 is 2.59 bits per heavy atom. The maximum atomic E-state index is 12.7. The number of anilines is 1. The van der Waals surface area contributed by atoms with Gasteiger partial charge in [0, 0.05) is 31.7 Å². The number of hydrogen-bond donors (Lipinski definition) is 2. The summed E-state index contributed by atoms with van der Waals surface area (Å²) in [4.78, 5) is 14.9. The molecule has 0 bridgehead atoms. The number of carbonyl (C=O) groups is 1. The molecule has 29 heavy (non-hydrogen) atoms. The van der Waals surface area contributed by atoms with Crippen LogP contribution in [0.2, 0.25) is 0 Å². The van der Waals surface area contributed by atoms with Crippen LogP contribution in [0.5, 0.6) is 11.5 Å². The van der Waals surface area contributed by atoms with Crippen molar-refractivity contribution in [2.45, 2.75) is 19.4 Å². The number of halogens is 1. The Hall–Kier alpha value is -2.28. The molecule has 1 aliphatic rings. The van der Waals surface area contributed by atoms with Crippen LogP contribution in [0.4, 0.5) is 5.69 Å². The molecule has 2 aromatic rings. The van der Waals surface area contributed by atoms with Crippen molar-refractivity contribution >= 4 is 24.0 Å². The largest absolute Gasteiger partial charge is 0.497 e. The first-order chi connectivity index (χ1) is 13.6. The van der Waals surface area contributed by atoms with Crippen molar-refractivity contribution in [3.05, 3.63) is 53.6 Å². The minimum atomic E-state index is -0.0551. The molecule has 7 heteroatoms. The second-order valence-corrected chi connectivity index (χ2v) is 6.90. The minimum Gasteiger partial charge on any atom is -0.497 e. The van der Waals surface area contributed by atoms with Gasteiger partial charge in [-0.05, 0) is 29.7 Å². The van der Waals surface area contributed by atoms with Gasteiger partial charge in [-0.15, -0.1) is 12.4 Å². The number of piperazine rings is 1. The Morgan fingerprint density at radius 1 is 1.17 bits per heavy atom. The molecule has 0 aromatic heterocycles. The summed E-state index contributed by atoms with van der Waals surface area (Å²) in [7, 11) is 3.18. The SMILES string of the molecule is CCc1ccc(C2CNCCN2CC(=O)Nc2ccc(OC)cc2OC)cc1.Cl. The van der Waals surface area contributed by atoms with E-state index in [0.29, 0.717) is 23.7 Å². The lowest BCUT2D eigenvalue weighted by Crippen LogP contribution is -2.48. The second-order valence-electron chi connectivity index (χ2n) is 6.90. The molecule has 3 rings (SSSR count). The van der Waals surface area contributed by atoms with Gasteiger partial charge in [-0.1, -0.05) is 31.2 Å². The summed E-state index contributed by atoms with van der Waals surface area (Å²) in [6, 6.07) is 14.2. The lowest BCUT2D eigenvalue weighted by atomic mass is 10.0. The Balaban J connectivity index is 0.00000300. The van der Waals surface area contributed by atoms with Gasteiger partial charge in [0.2, 0.25) is 5.91 Å². The normalized spacial score (nSPS) is 16.6. The van der Waals surface area contributed by atoms with Crippen LogP contribution >= 0.6 is 12.4 Å². The lowest BCUT2D eigenvalue weighted by molar-refractivity contribution is -0.118. The molecule has 2 aromatic carbocycles. The second kappa shape index (κ2) is 11.0. The predicted octanol–water partition coefficient (Wildman–Crippen LogP) is 3.27. The first kappa shape index (κ1) is 23.0. The molecule has 1 heterocycles. The molecule has 0 aliphatic carbocycles. The van der Waals surface area contributed by atoms with E-state index >= 15 is 0 Å². The number of methoxy groups -OCH3 is 2. The number of ether oxygens (including phenoxy) is 2. The number of hydrogen-bond acceptors (Lipinski definition) is 5. The summed E-state index contributed by atoms with van der Waals surface area (Å²) in [6.07, 6.45) is 1.03. The van der Waals surface area contributed by atoms with Crippen molar-refractivity contribution in [2.24, 2.45) is 0 Å². The fourth-order valence-electron chi connectivity index (χ4n) is 3.52. The molecule has 1 unspecified atom stereocenters. The zero-order chi connectivity index (χ0) is 19.9. The third-order valence-corrected chi connectivity index (χ3v) is 5.16. The molecule has 1 aliphatic heterocycles. The third-order valence-electron chi connectivity index (χ3n) is 5.16. The van der Waals surface area contributed by atoms with Gasteiger partial charge in [-0.3, -0.25) is 9.69 Å². The third kappa shape index (κ3) is 5.85. The predicted molar refractivity (Wildman–Crippen MR) is 118 cm³/mol. The molecular formula is C22H30ClN3O3. The molecule has 158 valence electrons. The summed E-state index contributed by atoms with van der Waals surface area (Å²) >= 11 is 0. The van der Waals surface area contributed by atoms with E-state index < -0.39 is 0 Å². The van der Waals surface area contributed by atoms with E-state index in [4.69, 9.17) is 9.47 Å². The highest BCUT2D eigenvalue weighted by Gasteiger charge is 2.25. The van der Waals surface area contributed by atoms with E-state index in [2.05, 4.69) is 46.7 Å². The Kier molecular flexibility index (Phi) is 8.76. The molecule has 1 amide bonds. The van der Waals surface area contributed by atoms with E-state index in [9.17, 15) is 4.79 Å². The van der Waals surface area contributed by atoms with Crippen LogP contribution in [0.3, 0.4) is 0 Å². The van der Waals surface area contributed by atoms with Crippen molar-refractivity contribution in [2.75, 3.05) is 45.7 Å². The van der Waals surface area contributed by atoms with E-state index in [1.165, 1.54) is 11.1 Å². The number of benzene rings is 2. The number of aryl methyl sites for hydroxylation is 1. The van der Waals surface area contributed by atoms with Gasteiger partial charge >= 0.3 is 0 Å². The van der Waals surface area contributed by atoms with Crippen LogP contribution in [0.1, 0.15) is 24.1 Å². The minimum absolute atomic E-state index is 0. The highest BCUT2D eigenvalue weighted by Crippen LogP contribution is 2.29. The summed E-state index contributed by atoms with van der Waals surface area (Å²) in [5.74, 6) is 1.22. The molecule has 1 saturated heterocycles. The van der Waals surface area contributed by atoms with Gasteiger partial charge < -0.3 is 20.1 Å². The van der Waals surface area contributed by atoms with Crippen molar-refractivity contribution in [3.8, 4) is 11.5 Å². The van der Waals surface area contributed by atoms with Gasteiger partial charge in [-0.25, -0.2) is 0 Å². The summed E-state index contributed by atoms with van der Waals surface area (Å²) < 4.78 is 10.6. The fourth-order valence-corrected chi connectivity index (χ4v) is 3.52. The number of carbonyl (C=O) groups excluding carboxylic acids is 1. The molecule has 2 N–H and O–H groups in total. The summed E-state index contributed by atoms with van der Waals surface area (Å²) in [5, 5.41) is 6.41. The highest BCUT2D eigenvalue weighted by molar-refractivity contribution is 5.93. The number of nitrogens with one attached hydrogen (secondary N) is 2. The molecule has 0 saturated carbocycles. The Morgan fingerprint density at radius 2 is 1.93 bits per heavy atom. The summed E-state index contributed by atoms with van der Waals surface area (Å²) in [6.45, 7) is 5.03.